The van der Waals surface area contributed by atoms with Gasteiger partial charge in [-0.1, -0.05) is 13.8 Å². The Hall–Kier alpha value is -0.770. The number of likely N-dealkylation sites (N-methyl/N-ethyl adjacent to an activating group) is 2. The van der Waals surface area contributed by atoms with Gasteiger partial charge >= 0.3 is 6.09 Å². The smallest absolute Gasteiger partial charge is 0.409 e. The average molecular weight is 190 g/mol. The van der Waals surface area contributed by atoms with E-state index in [0.717, 1.165) is 6.54 Å². The maximum absolute atomic E-state index is 10.8. The van der Waals surface area contributed by atoms with Crippen LogP contribution in [0, 0.1) is 0 Å². The molecule has 0 N–H and O–H groups in total. The van der Waals surface area contributed by atoms with Crippen LogP contribution in [0.5, 0.6) is 0 Å². The molecule has 0 rings (SSSR count). The molecule has 1 amide bonds. The summed E-state index contributed by atoms with van der Waals surface area (Å²) < 4.78 is 4.51. The summed E-state index contributed by atoms with van der Waals surface area (Å²) in [6.45, 7) is 5.55. The fourth-order valence-corrected chi connectivity index (χ4v) is 0.597. The molecule has 0 aliphatic heterocycles. The van der Waals surface area contributed by atoms with E-state index in [9.17, 15) is 4.79 Å². The SMILES string of the molecule is CC.COC(=O)N(C)CCN(C)C. The van der Waals surface area contributed by atoms with E-state index < -0.39 is 0 Å². The summed E-state index contributed by atoms with van der Waals surface area (Å²) in [5, 5.41) is 0. The van der Waals surface area contributed by atoms with Crippen molar-refractivity contribution in [2.24, 2.45) is 0 Å². The van der Waals surface area contributed by atoms with Gasteiger partial charge in [-0.3, -0.25) is 0 Å². The molecule has 0 aromatic heterocycles. The highest BCUT2D eigenvalue weighted by atomic mass is 16.5. The van der Waals surface area contributed by atoms with Gasteiger partial charge in [-0.05, 0) is 14.1 Å². The van der Waals surface area contributed by atoms with E-state index >= 15 is 0 Å². The van der Waals surface area contributed by atoms with E-state index in [4.69, 9.17) is 0 Å². The number of hydrogen-bond acceptors (Lipinski definition) is 3. The second kappa shape index (κ2) is 9.32. The van der Waals surface area contributed by atoms with E-state index in [1.165, 1.54) is 7.11 Å². The van der Waals surface area contributed by atoms with Crippen molar-refractivity contribution >= 4 is 6.09 Å². The van der Waals surface area contributed by atoms with Crippen molar-refractivity contribution in [2.75, 3.05) is 41.3 Å². The highest BCUT2D eigenvalue weighted by Crippen LogP contribution is 1.87. The molecular weight excluding hydrogens is 168 g/mol. The molecule has 4 nitrogen and oxygen atoms in total. The van der Waals surface area contributed by atoms with Gasteiger partial charge in [-0.2, -0.15) is 0 Å². The summed E-state index contributed by atoms with van der Waals surface area (Å²) in [4.78, 5) is 14.4. The van der Waals surface area contributed by atoms with E-state index in [2.05, 4.69) is 4.74 Å². The molecular formula is C9H22N2O2. The van der Waals surface area contributed by atoms with Crippen LogP contribution in [0.15, 0.2) is 0 Å². The monoisotopic (exact) mass is 190 g/mol. The molecule has 0 spiro atoms. The maximum atomic E-state index is 10.8. The molecule has 0 aliphatic rings. The minimum atomic E-state index is -0.285. The summed E-state index contributed by atoms with van der Waals surface area (Å²) in [6.07, 6.45) is -0.285. The lowest BCUT2D eigenvalue weighted by Crippen LogP contribution is -2.33. The lowest BCUT2D eigenvalue weighted by molar-refractivity contribution is 0.130. The third kappa shape index (κ3) is 9.14. The number of nitrogens with zero attached hydrogens (tertiary/aromatic N) is 2. The van der Waals surface area contributed by atoms with Crippen molar-refractivity contribution in [3.63, 3.8) is 0 Å². The Kier molecular flexibility index (Phi) is 10.6. The first-order chi connectivity index (χ1) is 6.07. The third-order valence-corrected chi connectivity index (χ3v) is 1.37. The molecule has 0 fully saturated rings. The predicted molar refractivity (Wildman–Crippen MR) is 54.9 cm³/mol. The van der Waals surface area contributed by atoms with Crippen LogP contribution in [0.3, 0.4) is 0 Å². The van der Waals surface area contributed by atoms with Crippen LogP contribution in [-0.4, -0.2) is 57.2 Å². The topological polar surface area (TPSA) is 32.8 Å². The third-order valence-electron chi connectivity index (χ3n) is 1.37. The van der Waals surface area contributed by atoms with Crippen LogP contribution in [0.25, 0.3) is 0 Å². The molecule has 0 unspecified atom stereocenters. The summed E-state index contributed by atoms with van der Waals surface area (Å²) in [5.41, 5.74) is 0. The van der Waals surface area contributed by atoms with Crippen LogP contribution in [-0.2, 0) is 4.74 Å². The molecule has 0 bridgehead atoms. The summed E-state index contributed by atoms with van der Waals surface area (Å²) in [7, 11) is 7.03. The van der Waals surface area contributed by atoms with Crippen molar-refractivity contribution in [1.82, 2.24) is 9.80 Å². The molecule has 0 aromatic rings. The molecule has 0 aliphatic carbocycles. The van der Waals surface area contributed by atoms with Gasteiger partial charge in [-0.25, -0.2) is 4.79 Å². The van der Waals surface area contributed by atoms with Crippen LogP contribution in [0.4, 0.5) is 4.79 Å². The Labute approximate surface area is 81.5 Å². The quantitative estimate of drug-likeness (QED) is 0.672. The molecule has 0 heterocycles. The van der Waals surface area contributed by atoms with Gasteiger partial charge in [-0.15, -0.1) is 0 Å². The number of hydrogen-bond donors (Lipinski definition) is 0. The zero-order chi connectivity index (χ0) is 10.9. The van der Waals surface area contributed by atoms with Crippen LogP contribution >= 0.6 is 0 Å². The minimum absolute atomic E-state index is 0.285. The molecule has 0 saturated carbocycles. The standard InChI is InChI=1S/C7H16N2O2.C2H6/c1-8(2)5-6-9(3)7(10)11-4;1-2/h5-6H2,1-4H3;1-2H3. The number of carbonyl (C=O) groups excluding carboxylic acids is 1. The van der Waals surface area contributed by atoms with Gasteiger partial charge in [0.1, 0.15) is 0 Å². The lowest BCUT2D eigenvalue weighted by atomic mass is 10.5. The summed E-state index contributed by atoms with van der Waals surface area (Å²) in [5.74, 6) is 0. The Morgan fingerprint density at radius 1 is 1.15 bits per heavy atom. The first-order valence-corrected chi connectivity index (χ1v) is 4.51. The molecule has 0 aromatic carbocycles. The van der Waals surface area contributed by atoms with E-state index in [1.54, 1.807) is 11.9 Å². The van der Waals surface area contributed by atoms with E-state index in [0.29, 0.717) is 6.54 Å². The van der Waals surface area contributed by atoms with E-state index in [-0.39, 0.29) is 6.09 Å². The van der Waals surface area contributed by atoms with Crippen molar-refractivity contribution in [2.45, 2.75) is 13.8 Å². The Morgan fingerprint density at radius 3 is 1.92 bits per heavy atom. The van der Waals surface area contributed by atoms with Gasteiger partial charge in [0.15, 0.2) is 0 Å². The van der Waals surface area contributed by atoms with E-state index in [1.807, 2.05) is 32.8 Å². The zero-order valence-corrected chi connectivity index (χ0v) is 9.63. The molecule has 13 heavy (non-hydrogen) atoms. The number of carbonyl (C=O) groups is 1. The number of methoxy groups -OCH3 is 1. The first kappa shape index (κ1) is 14.7. The molecule has 0 radical (unpaired) electrons. The predicted octanol–water partition coefficient (Wildman–Crippen LogP) is 1.27. The highest BCUT2D eigenvalue weighted by molar-refractivity contribution is 5.66. The van der Waals surface area contributed by atoms with Gasteiger partial charge in [0.25, 0.3) is 0 Å². The Bertz CT molecular complexity index is 127. The fourth-order valence-electron chi connectivity index (χ4n) is 0.597. The lowest BCUT2D eigenvalue weighted by Gasteiger charge is -2.17. The largest absolute Gasteiger partial charge is 0.453 e. The first-order valence-electron chi connectivity index (χ1n) is 4.51. The molecule has 4 heteroatoms. The second-order valence-corrected chi connectivity index (χ2v) is 2.69. The number of amides is 1. The maximum Gasteiger partial charge on any atom is 0.409 e. The van der Waals surface area contributed by atoms with Gasteiger partial charge < -0.3 is 14.5 Å². The Morgan fingerprint density at radius 2 is 1.62 bits per heavy atom. The summed E-state index contributed by atoms with van der Waals surface area (Å²) >= 11 is 0. The fraction of sp³-hybridized carbons (Fsp3) is 0.889. The molecule has 80 valence electrons. The van der Waals surface area contributed by atoms with Crippen molar-refractivity contribution < 1.29 is 9.53 Å². The molecule has 0 atom stereocenters. The average Bonchev–Trinajstić information content (AvgIpc) is 2.16. The van der Waals surface area contributed by atoms with Crippen molar-refractivity contribution in [3.8, 4) is 0 Å². The van der Waals surface area contributed by atoms with Gasteiger partial charge in [0.05, 0.1) is 7.11 Å². The summed E-state index contributed by atoms with van der Waals surface area (Å²) in [6, 6.07) is 0. The highest BCUT2D eigenvalue weighted by Gasteiger charge is 2.06. The zero-order valence-electron chi connectivity index (χ0n) is 9.63. The van der Waals surface area contributed by atoms with Crippen LogP contribution < -0.4 is 0 Å². The van der Waals surface area contributed by atoms with Crippen LogP contribution in [0.1, 0.15) is 13.8 Å². The second-order valence-electron chi connectivity index (χ2n) is 2.69. The normalized spacial score (nSPS) is 8.85. The molecule has 0 saturated heterocycles. The van der Waals surface area contributed by atoms with Crippen molar-refractivity contribution in [3.05, 3.63) is 0 Å². The number of rotatable bonds is 3. The minimum Gasteiger partial charge on any atom is -0.453 e. The van der Waals surface area contributed by atoms with Gasteiger partial charge in [0, 0.05) is 20.1 Å². The van der Waals surface area contributed by atoms with Gasteiger partial charge in [0.2, 0.25) is 0 Å². The number of ether oxygens (including phenoxy) is 1. The van der Waals surface area contributed by atoms with Crippen LogP contribution in [0.2, 0.25) is 0 Å². The van der Waals surface area contributed by atoms with Crippen molar-refractivity contribution in [1.29, 1.82) is 0 Å². The Balaban J connectivity index is 0.